The molecule has 1 amide bonds. The number of aromatic hydroxyl groups is 1. The minimum Gasteiger partial charge on any atom is -0.504 e. The monoisotopic (exact) mass is 376 g/mol. The van der Waals surface area contributed by atoms with Crippen LogP contribution in [0.3, 0.4) is 0 Å². The first kappa shape index (κ1) is 20.8. The predicted octanol–water partition coefficient (Wildman–Crippen LogP) is 4.68. The fourth-order valence-corrected chi connectivity index (χ4v) is 2.74. The summed E-state index contributed by atoms with van der Waals surface area (Å²) in [5.74, 6) is -0.148. The zero-order valence-corrected chi connectivity index (χ0v) is 16.4. The van der Waals surface area contributed by atoms with Crippen molar-refractivity contribution in [2.24, 2.45) is 0 Å². The van der Waals surface area contributed by atoms with Crippen LogP contribution < -0.4 is 10.1 Å². The maximum atomic E-state index is 12.6. The Balaban J connectivity index is 2.40. The minimum atomic E-state index is -0.493. The van der Waals surface area contributed by atoms with Crippen LogP contribution in [0.4, 0.5) is 5.69 Å². The molecule has 28 heavy (non-hydrogen) atoms. The number of nitrogens with zero attached hydrogens (tertiary/aromatic N) is 1. The third kappa shape index (κ3) is 4.80. The number of carbonyl (C=O) groups is 1. The van der Waals surface area contributed by atoms with Gasteiger partial charge in [0.1, 0.15) is 11.6 Å². The maximum Gasteiger partial charge on any atom is 0.266 e. The number of benzene rings is 2. The van der Waals surface area contributed by atoms with Gasteiger partial charge in [-0.3, -0.25) is 4.79 Å². The summed E-state index contributed by atoms with van der Waals surface area (Å²) in [4.78, 5) is 12.6. The zero-order valence-electron chi connectivity index (χ0n) is 16.4. The molecule has 2 aromatic carbocycles. The highest BCUT2D eigenvalue weighted by Crippen LogP contribution is 2.33. The molecule has 144 valence electrons. The fraction of sp³-hybridized carbons (Fsp3) is 0.217. The number of aryl methyl sites for hydroxylation is 1. The van der Waals surface area contributed by atoms with Crippen LogP contribution in [0.2, 0.25) is 0 Å². The average Bonchev–Trinajstić information content (AvgIpc) is 2.67. The Labute approximate surface area is 165 Å². The van der Waals surface area contributed by atoms with Crippen LogP contribution in [0.25, 0.3) is 6.08 Å². The Morgan fingerprint density at radius 1 is 1.36 bits per heavy atom. The largest absolute Gasteiger partial charge is 0.504 e. The Morgan fingerprint density at radius 2 is 2.11 bits per heavy atom. The SMILES string of the molecule is C=CCc1cc(/C=C(/C#N)C(=O)Nc2cccc(C)c2C)cc(OCC)c1O. The topological polar surface area (TPSA) is 82.4 Å². The molecule has 0 saturated carbocycles. The summed E-state index contributed by atoms with van der Waals surface area (Å²) in [5.41, 5.74) is 3.82. The Bertz CT molecular complexity index is 969. The molecular weight excluding hydrogens is 352 g/mol. The summed E-state index contributed by atoms with van der Waals surface area (Å²) in [6.07, 6.45) is 3.58. The van der Waals surface area contributed by atoms with Crippen LogP contribution >= 0.6 is 0 Å². The molecule has 0 aliphatic heterocycles. The van der Waals surface area contributed by atoms with Gasteiger partial charge < -0.3 is 15.2 Å². The van der Waals surface area contributed by atoms with Gasteiger partial charge in [-0.05, 0) is 68.2 Å². The number of phenolic OH excluding ortho intramolecular Hbond substituents is 1. The number of amides is 1. The number of hydrogen-bond acceptors (Lipinski definition) is 4. The average molecular weight is 376 g/mol. The predicted molar refractivity (Wildman–Crippen MR) is 111 cm³/mol. The number of carbonyl (C=O) groups excluding carboxylic acids is 1. The maximum absolute atomic E-state index is 12.6. The van der Waals surface area contributed by atoms with E-state index in [9.17, 15) is 15.2 Å². The molecule has 5 nitrogen and oxygen atoms in total. The Kier molecular flexibility index (Phi) is 7.00. The number of rotatable bonds is 7. The van der Waals surface area contributed by atoms with Crippen molar-refractivity contribution >= 4 is 17.7 Å². The van der Waals surface area contributed by atoms with Crippen molar-refractivity contribution in [3.8, 4) is 17.6 Å². The number of anilines is 1. The van der Waals surface area contributed by atoms with Crippen molar-refractivity contribution in [2.45, 2.75) is 27.2 Å². The molecule has 0 fully saturated rings. The molecule has 2 N–H and O–H groups in total. The van der Waals surface area contributed by atoms with Gasteiger partial charge in [0.15, 0.2) is 11.5 Å². The van der Waals surface area contributed by atoms with E-state index in [1.54, 1.807) is 24.3 Å². The van der Waals surface area contributed by atoms with Gasteiger partial charge in [0.05, 0.1) is 6.61 Å². The van der Waals surface area contributed by atoms with Gasteiger partial charge in [-0.15, -0.1) is 6.58 Å². The van der Waals surface area contributed by atoms with Gasteiger partial charge in [0.25, 0.3) is 5.91 Å². The second kappa shape index (κ2) is 9.43. The molecule has 0 saturated heterocycles. The lowest BCUT2D eigenvalue weighted by atomic mass is 10.0. The third-order valence-corrected chi connectivity index (χ3v) is 4.37. The van der Waals surface area contributed by atoms with Gasteiger partial charge in [-0.1, -0.05) is 18.2 Å². The van der Waals surface area contributed by atoms with Crippen LogP contribution in [-0.4, -0.2) is 17.6 Å². The van der Waals surface area contributed by atoms with Crippen LogP contribution in [0.5, 0.6) is 11.5 Å². The normalized spacial score (nSPS) is 10.9. The number of ether oxygens (including phenoxy) is 1. The zero-order chi connectivity index (χ0) is 20.7. The molecule has 2 rings (SSSR count). The number of nitrogens with one attached hydrogen (secondary N) is 1. The van der Waals surface area contributed by atoms with E-state index in [1.165, 1.54) is 6.08 Å². The molecule has 0 spiro atoms. The van der Waals surface area contributed by atoms with Crippen molar-refractivity contribution in [2.75, 3.05) is 11.9 Å². The summed E-state index contributed by atoms with van der Waals surface area (Å²) < 4.78 is 5.47. The van der Waals surface area contributed by atoms with Gasteiger partial charge in [0.2, 0.25) is 0 Å². The number of allylic oxidation sites excluding steroid dienone is 1. The lowest BCUT2D eigenvalue weighted by molar-refractivity contribution is -0.112. The molecule has 5 heteroatoms. The molecule has 0 atom stereocenters. The molecule has 2 aromatic rings. The van der Waals surface area contributed by atoms with Crippen molar-refractivity contribution in [3.05, 3.63) is 70.8 Å². The van der Waals surface area contributed by atoms with Crippen LogP contribution in [0.15, 0.2) is 48.6 Å². The second-order valence-electron chi connectivity index (χ2n) is 6.32. The van der Waals surface area contributed by atoms with Crippen LogP contribution in [0.1, 0.15) is 29.2 Å². The molecule has 0 aliphatic rings. The molecule has 0 unspecified atom stereocenters. The van der Waals surface area contributed by atoms with E-state index in [1.807, 2.05) is 39.0 Å². The second-order valence-corrected chi connectivity index (χ2v) is 6.32. The lowest BCUT2D eigenvalue weighted by Crippen LogP contribution is -2.14. The molecule has 0 aromatic heterocycles. The summed E-state index contributed by atoms with van der Waals surface area (Å²) in [6.45, 7) is 9.75. The summed E-state index contributed by atoms with van der Waals surface area (Å²) in [5, 5.41) is 22.6. The molecule has 0 bridgehead atoms. The summed E-state index contributed by atoms with van der Waals surface area (Å²) >= 11 is 0. The van der Waals surface area contributed by atoms with E-state index >= 15 is 0 Å². The van der Waals surface area contributed by atoms with E-state index in [0.29, 0.717) is 35.6 Å². The first-order valence-corrected chi connectivity index (χ1v) is 9.00. The quantitative estimate of drug-likeness (QED) is 0.417. The van der Waals surface area contributed by atoms with E-state index in [4.69, 9.17) is 4.74 Å². The third-order valence-electron chi connectivity index (χ3n) is 4.37. The summed E-state index contributed by atoms with van der Waals surface area (Å²) in [6, 6.07) is 10.9. The van der Waals surface area contributed by atoms with E-state index in [2.05, 4.69) is 11.9 Å². The summed E-state index contributed by atoms with van der Waals surface area (Å²) in [7, 11) is 0. The smallest absolute Gasteiger partial charge is 0.266 e. The van der Waals surface area contributed by atoms with Crippen LogP contribution in [0, 0.1) is 25.2 Å². The highest BCUT2D eigenvalue weighted by molar-refractivity contribution is 6.10. The molecule has 0 radical (unpaired) electrons. The van der Waals surface area contributed by atoms with Gasteiger partial charge in [0, 0.05) is 11.3 Å². The molecular formula is C23H24N2O3. The minimum absolute atomic E-state index is 0.0391. The lowest BCUT2D eigenvalue weighted by Gasteiger charge is -2.12. The van der Waals surface area contributed by atoms with E-state index in [-0.39, 0.29) is 11.3 Å². The first-order valence-electron chi connectivity index (χ1n) is 9.00. The van der Waals surface area contributed by atoms with E-state index in [0.717, 1.165) is 11.1 Å². The van der Waals surface area contributed by atoms with Crippen molar-refractivity contribution in [1.29, 1.82) is 5.26 Å². The van der Waals surface area contributed by atoms with Gasteiger partial charge >= 0.3 is 0 Å². The standard InChI is InChI=1S/C23H24N2O3/c1-5-8-18-11-17(13-21(22(18)26)28-6-2)12-19(14-24)23(27)25-20-10-7-9-15(3)16(20)4/h5,7,9-13,26H,1,6,8H2,2-4H3,(H,25,27)/b19-12-. The Hall–Kier alpha value is -3.52. The van der Waals surface area contributed by atoms with Crippen molar-refractivity contribution in [3.63, 3.8) is 0 Å². The van der Waals surface area contributed by atoms with Crippen LogP contribution in [-0.2, 0) is 11.2 Å². The van der Waals surface area contributed by atoms with Gasteiger partial charge in [-0.25, -0.2) is 0 Å². The number of nitriles is 1. The number of phenols is 1. The molecule has 0 heterocycles. The fourth-order valence-electron chi connectivity index (χ4n) is 2.74. The van der Waals surface area contributed by atoms with Crippen molar-refractivity contribution < 1.29 is 14.6 Å². The first-order chi connectivity index (χ1) is 13.4. The van der Waals surface area contributed by atoms with E-state index < -0.39 is 5.91 Å². The highest BCUT2D eigenvalue weighted by Gasteiger charge is 2.14. The Morgan fingerprint density at radius 3 is 2.75 bits per heavy atom. The number of hydrogen-bond donors (Lipinski definition) is 2. The molecule has 0 aliphatic carbocycles. The van der Waals surface area contributed by atoms with Crippen molar-refractivity contribution in [1.82, 2.24) is 0 Å². The van der Waals surface area contributed by atoms with Gasteiger partial charge in [-0.2, -0.15) is 5.26 Å². The highest BCUT2D eigenvalue weighted by atomic mass is 16.5.